The van der Waals surface area contributed by atoms with Gasteiger partial charge in [-0.1, -0.05) is 0 Å². The predicted octanol–water partition coefficient (Wildman–Crippen LogP) is 1.02. The van der Waals surface area contributed by atoms with Crippen molar-refractivity contribution in [2.75, 3.05) is 5.32 Å². The highest BCUT2D eigenvalue weighted by molar-refractivity contribution is 5.93. The number of hydrogen-bond acceptors (Lipinski definition) is 4. The predicted molar refractivity (Wildman–Crippen MR) is 58.6 cm³/mol. The van der Waals surface area contributed by atoms with E-state index in [9.17, 15) is 4.79 Å². The smallest absolute Gasteiger partial charge is 0.339 e. The number of carboxylic acid groups (broad SMARTS) is 1. The molecule has 0 aromatic carbocycles. The van der Waals surface area contributed by atoms with Crippen LogP contribution >= 0.6 is 0 Å². The minimum atomic E-state index is -0.991. The lowest BCUT2D eigenvalue weighted by Crippen LogP contribution is -2.39. The molecule has 1 aromatic heterocycles. The Morgan fingerprint density at radius 1 is 1.56 bits per heavy atom. The maximum atomic E-state index is 11.0. The number of nitrogens with zero attached hydrogens (tertiary/aromatic N) is 1. The van der Waals surface area contributed by atoms with Gasteiger partial charge in [0.25, 0.3) is 0 Å². The van der Waals surface area contributed by atoms with Crippen LogP contribution in [0, 0.1) is 6.92 Å². The Labute approximate surface area is 93.1 Å². The lowest BCUT2D eigenvalue weighted by atomic mass is 9.89. The molecule has 86 valence electrons. The minimum Gasteiger partial charge on any atom is -0.478 e. The Balaban J connectivity index is 2.17. The van der Waals surface area contributed by atoms with Crippen LogP contribution in [-0.2, 0) is 0 Å². The van der Waals surface area contributed by atoms with Gasteiger partial charge in [-0.05, 0) is 25.8 Å². The van der Waals surface area contributed by atoms with E-state index in [1.165, 1.54) is 6.20 Å². The van der Waals surface area contributed by atoms with Crippen LogP contribution in [0.2, 0.25) is 0 Å². The number of rotatable bonds is 3. The van der Waals surface area contributed by atoms with Crippen molar-refractivity contribution in [3.05, 3.63) is 23.5 Å². The zero-order chi connectivity index (χ0) is 11.7. The summed E-state index contributed by atoms with van der Waals surface area (Å²) in [5.41, 5.74) is 1.52. The van der Waals surface area contributed by atoms with E-state index in [1.54, 1.807) is 6.07 Å². The second-order valence-corrected chi connectivity index (χ2v) is 4.14. The number of aliphatic hydroxyl groups excluding tert-OH is 1. The van der Waals surface area contributed by atoms with Gasteiger partial charge in [0.2, 0.25) is 0 Å². The van der Waals surface area contributed by atoms with Crippen molar-refractivity contribution in [3.63, 3.8) is 0 Å². The lowest BCUT2D eigenvalue weighted by Gasteiger charge is -2.33. The average Bonchev–Trinajstić information content (AvgIpc) is 2.15. The van der Waals surface area contributed by atoms with Crippen molar-refractivity contribution in [2.24, 2.45) is 0 Å². The fourth-order valence-corrected chi connectivity index (χ4v) is 1.78. The van der Waals surface area contributed by atoms with Crippen molar-refractivity contribution in [1.29, 1.82) is 0 Å². The topological polar surface area (TPSA) is 82.5 Å². The second-order valence-electron chi connectivity index (χ2n) is 4.14. The fraction of sp³-hybridized carbons (Fsp3) is 0.455. The number of aliphatic hydroxyl groups is 1. The third-order valence-electron chi connectivity index (χ3n) is 2.74. The number of anilines is 1. The number of pyridine rings is 1. The second kappa shape index (κ2) is 4.09. The third-order valence-corrected chi connectivity index (χ3v) is 2.74. The molecule has 1 aliphatic carbocycles. The van der Waals surface area contributed by atoms with Crippen LogP contribution in [0.3, 0.4) is 0 Å². The van der Waals surface area contributed by atoms with Gasteiger partial charge >= 0.3 is 5.97 Å². The standard InChI is InChI=1S/C11H14N2O3/c1-6-2-10(9(5-12-6)11(15)16)13-7-3-8(14)4-7/h2,5,7-8,14H,3-4H2,1H3,(H,12,13)(H,15,16). The quantitative estimate of drug-likeness (QED) is 0.711. The molecule has 0 radical (unpaired) electrons. The summed E-state index contributed by atoms with van der Waals surface area (Å²) in [5, 5.41) is 21.3. The van der Waals surface area contributed by atoms with Crippen LogP contribution in [0.4, 0.5) is 5.69 Å². The number of aryl methyl sites for hydroxylation is 1. The largest absolute Gasteiger partial charge is 0.478 e. The molecule has 0 bridgehead atoms. The highest BCUT2D eigenvalue weighted by atomic mass is 16.4. The lowest BCUT2D eigenvalue weighted by molar-refractivity contribution is 0.0697. The number of carbonyl (C=O) groups is 1. The molecular formula is C11H14N2O3. The van der Waals surface area contributed by atoms with Gasteiger partial charge in [0.1, 0.15) is 5.56 Å². The van der Waals surface area contributed by atoms with E-state index in [0.29, 0.717) is 18.5 Å². The van der Waals surface area contributed by atoms with E-state index < -0.39 is 5.97 Å². The fourth-order valence-electron chi connectivity index (χ4n) is 1.78. The molecule has 16 heavy (non-hydrogen) atoms. The van der Waals surface area contributed by atoms with Gasteiger partial charge in [0.05, 0.1) is 11.8 Å². The van der Waals surface area contributed by atoms with Crippen LogP contribution in [-0.4, -0.2) is 33.3 Å². The van der Waals surface area contributed by atoms with Crippen LogP contribution < -0.4 is 5.32 Å². The van der Waals surface area contributed by atoms with E-state index >= 15 is 0 Å². The van der Waals surface area contributed by atoms with Gasteiger partial charge < -0.3 is 15.5 Å². The van der Waals surface area contributed by atoms with Crippen LogP contribution in [0.1, 0.15) is 28.9 Å². The summed E-state index contributed by atoms with van der Waals surface area (Å²) in [5.74, 6) is -0.991. The molecule has 0 spiro atoms. The monoisotopic (exact) mass is 222 g/mol. The molecule has 0 unspecified atom stereocenters. The zero-order valence-electron chi connectivity index (χ0n) is 8.97. The van der Waals surface area contributed by atoms with E-state index in [0.717, 1.165) is 5.69 Å². The van der Waals surface area contributed by atoms with Gasteiger partial charge in [-0.2, -0.15) is 0 Å². The SMILES string of the molecule is Cc1cc(NC2CC(O)C2)c(C(=O)O)cn1. The Hall–Kier alpha value is -1.62. The number of hydrogen-bond donors (Lipinski definition) is 3. The van der Waals surface area contributed by atoms with Gasteiger partial charge in [-0.15, -0.1) is 0 Å². The molecule has 1 aromatic rings. The van der Waals surface area contributed by atoms with E-state index in [2.05, 4.69) is 10.3 Å². The first-order valence-corrected chi connectivity index (χ1v) is 5.21. The Kier molecular flexibility index (Phi) is 2.78. The summed E-state index contributed by atoms with van der Waals surface area (Å²) in [6, 6.07) is 1.88. The summed E-state index contributed by atoms with van der Waals surface area (Å²) in [6.45, 7) is 1.81. The van der Waals surface area contributed by atoms with Crippen molar-refractivity contribution >= 4 is 11.7 Å². The summed E-state index contributed by atoms with van der Waals surface area (Å²) < 4.78 is 0. The summed E-state index contributed by atoms with van der Waals surface area (Å²) >= 11 is 0. The molecular weight excluding hydrogens is 208 g/mol. The first-order valence-electron chi connectivity index (χ1n) is 5.21. The normalized spacial score (nSPS) is 23.6. The minimum absolute atomic E-state index is 0.162. The van der Waals surface area contributed by atoms with Gasteiger partial charge in [-0.3, -0.25) is 4.98 Å². The molecule has 0 saturated heterocycles. The Morgan fingerprint density at radius 2 is 2.25 bits per heavy atom. The number of aromatic carboxylic acids is 1. The zero-order valence-corrected chi connectivity index (χ0v) is 8.97. The molecule has 2 rings (SSSR count). The molecule has 1 heterocycles. The first kappa shape index (κ1) is 10.9. The molecule has 1 aliphatic rings. The van der Waals surface area contributed by atoms with Gasteiger partial charge in [0.15, 0.2) is 0 Å². The third kappa shape index (κ3) is 2.14. The molecule has 1 fully saturated rings. The van der Waals surface area contributed by atoms with E-state index in [1.807, 2.05) is 6.92 Å². The van der Waals surface area contributed by atoms with E-state index in [-0.39, 0.29) is 17.7 Å². The molecule has 0 aliphatic heterocycles. The van der Waals surface area contributed by atoms with Crippen molar-refractivity contribution in [3.8, 4) is 0 Å². The number of carboxylic acids is 1. The highest BCUT2D eigenvalue weighted by Gasteiger charge is 2.28. The van der Waals surface area contributed by atoms with Crippen molar-refractivity contribution < 1.29 is 15.0 Å². The number of aromatic nitrogens is 1. The average molecular weight is 222 g/mol. The summed E-state index contributed by atoms with van der Waals surface area (Å²) in [4.78, 5) is 14.9. The molecule has 5 heteroatoms. The van der Waals surface area contributed by atoms with Crippen molar-refractivity contribution in [1.82, 2.24) is 4.98 Å². The van der Waals surface area contributed by atoms with Gasteiger partial charge in [-0.25, -0.2) is 4.79 Å². The van der Waals surface area contributed by atoms with Gasteiger partial charge in [0, 0.05) is 17.9 Å². The van der Waals surface area contributed by atoms with E-state index in [4.69, 9.17) is 10.2 Å². The maximum Gasteiger partial charge on any atom is 0.339 e. The van der Waals surface area contributed by atoms with Crippen LogP contribution in [0.25, 0.3) is 0 Å². The van der Waals surface area contributed by atoms with Crippen LogP contribution in [0.15, 0.2) is 12.3 Å². The van der Waals surface area contributed by atoms with Crippen molar-refractivity contribution in [2.45, 2.75) is 31.9 Å². The molecule has 0 amide bonds. The molecule has 5 nitrogen and oxygen atoms in total. The molecule has 0 atom stereocenters. The Bertz CT molecular complexity index is 414. The summed E-state index contributed by atoms with van der Waals surface area (Å²) in [6.07, 6.45) is 2.43. The molecule has 3 N–H and O–H groups in total. The summed E-state index contributed by atoms with van der Waals surface area (Å²) in [7, 11) is 0. The number of nitrogens with one attached hydrogen (secondary N) is 1. The first-order chi connectivity index (χ1) is 7.56. The highest BCUT2D eigenvalue weighted by Crippen LogP contribution is 2.26. The van der Waals surface area contributed by atoms with Crippen LogP contribution in [0.5, 0.6) is 0 Å². The molecule has 1 saturated carbocycles. The Morgan fingerprint density at radius 3 is 2.81 bits per heavy atom. The maximum absolute atomic E-state index is 11.0.